The monoisotopic (exact) mass is 325 g/mol. The zero-order valence-electron chi connectivity index (χ0n) is 14.8. The minimum atomic E-state index is -0.0151. The van der Waals surface area contributed by atoms with Crippen molar-refractivity contribution in [2.45, 2.75) is 25.8 Å². The lowest BCUT2D eigenvalue weighted by molar-refractivity contribution is -0.135. The Kier molecular flexibility index (Phi) is 7.11. The first-order valence-corrected chi connectivity index (χ1v) is 8.64. The Morgan fingerprint density at radius 2 is 1.78 bits per heavy atom. The third-order valence-electron chi connectivity index (χ3n) is 4.74. The van der Waals surface area contributed by atoms with Gasteiger partial charge < -0.3 is 19.9 Å². The average molecular weight is 325 g/mol. The highest BCUT2D eigenvalue weighted by molar-refractivity contribution is 5.82. The molecule has 0 spiro atoms. The van der Waals surface area contributed by atoms with Gasteiger partial charge in [-0.25, -0.2) is 0 Å². The number of likely N-dealkylation sites (tertiary alicyclic amines) is 1. The standard InChI is InChI=1S/C16H31N5O2/c1-14(15(22)20-7-4-5-8-20)19-9-11-21(12-10-19)16(17-2)18-6-13-23-3/h14H,4-13H2,1-3H3,(H,17,18). The molecule has 0 aliphatic carbocycles. The maximum Gasteiger partial charge on any atom is 0.239 e. The van der Waals surface area contributed by atoms with Crippen LogP contribution in [0.1, 0.15) is 19.8 Å². The Morgan fingerprint density at radius 1 is 1.13 bits per heavy atom. The van der Waals surface area contributed by atoms with Crippen LogP contribution in [-0.2, 0) is 9.53 Å². The third-order valence-corrected chi connectivity index (χ3v) is 4.74. The summed E-state index contributed by atoms with van der Waals surface area (Å²) in [5.41, 5.74) is 0. The Bertz CT molecular complexity index is 401. The maximum absolute atomic E-state index is 12.5. The molecule has 23 heavy (non-hydrogen) atoms. The quantitative estimate of drug-likeness (QED) is 0.432. The van der Waals surface area contributed by atoms with Gasteiger partial charge in [0, 0.05) is 60.0 Å². The number of methoxy groups -OCH3 is 1. The molecule has 0 aromatic heterocycles. The molecule has 132 valence electrons. The number of nitrogens with zero attached hydrogens (tertiary/aromatic N) is 4. The molecule has 0 aromatic rings. The summed E-state index contributed by atoms with van der Waals surface area (Å²) in [6.07, 6.45) is 2.30. The molecule has 7 nitrogen and oxygen atoms in total. The highest BCUT2D eigenvalue weighted by Gasteiger charge is 2.30. The summed E-state index contributed by atoms with van der Waals surface area (Å²) in [5.74, 6) is 1.21. The summed E-state index contributed by atoms with van der Waals surface area (Å²) in [7, 11) is 3.50. The van der Waals surface area contributed by atoms with Gasteiger partial charge in [0.25, 0.3) is 0 Å². The van der Waals surface area contributed by atoms with Crippen LogP contribution in [0.25, 0.3) is 0 Å². The van der Waals surface area contributed by atoms with Crippen LogP contribution in [0.15, 0.2) is 4.99 Å². The molecular formula is C16H31N5O2. The summed E-state index contributed by atoms with van der Waals surface area (Å²) in [5, 5.41) is 3.31. The predicted molar refractivity (Wildman–Crippen MR) is 91.7 cm³/mol. The smallest absolute Gasteiger partial charge is 0.239 e. The number of hydrogen-bond acceptors (Lipinski definition) is 4. The van der Waals surface area contributed by atoms with E-state index in [2.05, 4.69) is 20.1 Å². The topological polar surface area (TPSA) is 60.4 Å². The van der Waals surface area contributed by atoms with Gasteiger partial charge in [-0.1, -0.05) is 0 Å². The van der Waals surface area contributed by atoms with Gasteiger partial charge in [-0.2, -0.15) is 0 Å². The van der Waals surface area contributed by atoms with Crippen molar-refractivity contribution in [1.82, 2.24) is 20.0 Å². The summed E-state index contributed by atoms with van der Waals surface area (Å²) in [6.45, 7) is 8.90. The molecule has 7 heteroatoms. The molecular weight excluding hydrogens is 294 g/mol. The molecule has 2 aliphatic rings. The number of rotatable bonds is 5. The van der Waals surface area contributed by atoms with Gasteiger partial charge in [-0.3, -0.25) is 14.7 Å². The molecule has 2 saturated heterocycles. The summed E-state index contributed by atoms with van der Waals surface area (Å²) < 4.78 is 5.06. The number of guanidine groups is 1. The van der Waals surface area contributed by atoms with Crippen LogP contribution in [-0.4, -0.2) is 99.2 Å². The first-order valence-electron chi connectivity index (χ1n) is 8.64. The molecule has 0 radical (unpaired) electrons. The van der Waals surface area contributed by atoms with E-state index in [1.807, 2.05) is 11.8 Å². The van der Waals surface area contributed by atoms with Crippen LogP contribution in [0, 0.1) is 0 Å². The highest BCUT2D eigenvalue weighted by Crippen LogP contribution is 2.13. The lowest BCUT2D eigenvalue weighted by atomic mass is 10.2. The van der Waals surface area contributed by atoms with Crippen molar-refractivity contribution in [3.8, 4) is 0 Å². The van der Waals surface area contributed by atoms with E-state index < -0.39 is 0 Å². The Hall–Kier alpha value is -1.34. The lowest BCUT2D eigenvalue weighted by Crippen LogP contribution is -2.57. The normalized spacial score (nSPS) is 21.6. The van der Waals surface area contributed by atoms with Crippen molar-refractivity contribution in [3.63, 3.8) is 0 Å². The zero-order chi connectivity index (χ0) is 16.7. The van der Waals surface area contributed by atoms with Gasteiger partial charge in [0.05, 0.1) is 12.6 Å². The van der Waals surface area contributed by atoms with Crippen molar-refractivity contribution in [2.24, 2.45) is 4.99 Å². The molecule has 0 bridgehead atoms. The van der Waals surface area contributed by atoms with E-state index in [0.29, 0.717) is 12.5 Å². The Labute approximate surface area is 139 Å². The van der Waals surface area contributed by atoms with E-state index in [-0.39, 0.29) is 6.04 Å². The van der Waals surface area contributed by atoms with Crippen LogP contribution < -0.4 is 5.32 Å². The number of ether oxygens (including phenoxy) is 1. The SMILES string of the molecule is CN=C(NCCOC)N1CCN(C(C)C(=O)N2CCCC2)CC1. The molecule has 2 aliphatic heterocycles. The molecule has 1 atom stereocenters. The zero-order valence-corrected chi connectivity index (χ0v) is 14.8. The molecule has 2 rings (SSSR count). The van der Waals surface area contributed by atoms with E-state index in [1.54, 1.807) is 14.2 Å². The van der Waals surface area contributed by atoms with Crippen LogP contribution in [0.2, 0.25) is 0 Å². The summed E-state index contributed by atoms with van der Waals surface area (Å²) in [4.78, 5) is 23.4. The fraction of sp³-hybridized carbons (Fsp3) is 0.875. The van der Waals surface area contributed by atoms with Gasteiger partial charge in [0.1, 0.15) is 0 Å². The largest absolute Gasteiger partial charge is 0.383 e. The van der Waals surface area contributed by atoms with E-state index in [4.69, 9.17) is 4.74 Å². The van der Waals surface area contributed by atoms with Gasteiger partial charge in [-0.15, -0.1) is 0 Å². The summed E-state index contributed by atoms with van der Waals surface area (Å²) >= 11 is 0. The average Bonchev–Trinajstić information content (AvgIpc) is 3.12. The number of aliphatic imine (C=N–C) groups is 1. The molecule has 1 amide bonds. The second kappa shape index (κ2) is 9.08. The van der Waals surface area contributed by atoms with E-state index >= 15 is 0 Å². The lowest BCUT2D eigenvalue weighted by Gasteiger charge is -2.39. The predicted octanol–water partition coefficient (Wildman–Crippen LogP) is -0.163. The minimum Gasteiger partial charge on any atom is -0.383 e. The minimum absolute atomic E-state index is 0.0151. The Balaban J connectivity index is 1.79. The van der Waals surface area contributed by atoms with Crippen LogP contribution >= 0.6 is 0 Å². The fourth-order valence-corrected chi connectivity index (χ4v) is 3.28. The van der Waals surface area contributed by atoms with Gasteiger partial charge >= 0.3 is 0 Å². The molecule has 1 unspecified atom stereocenters. The number of nitrogens with one attached hydrogen (secondary N) is 1. The molecule has 0 aromatic carbocycles. The molecule has 0 saturated carbocycles. The molecule has 1 N–H and O–H groups in total. The van der Waals surface area contributed by atoms with Crippen molar-refractivity contribution >= 4 is 11.9 Å². The number of amides is 1. The maximum atomic E-state index is 12.5. The fourth-order valence-electron chi connectivity index (χ4n) is 3.28. The Morgan fingerprint density at radius 3 is 2.35 bits per heavy atom. The summed E-state index contributed by atoms with van der Waals surface area (Å²) in [6, 6.07) is -0.0151. The van der Waals surface area contributed by atoms with Crippen LogP contribution in [0.4, 0.5) is 0 Å². The van der Waals surface area contributed by atoms with Crippen molar-refractivity contribution in [3.05, 3.63) is 0 Å². The molecule has 2 fully saturated rings. The van der Waals surface area contributed by atoms with E-state index in [1.165, 1.54) is 0 Å². The first-order chi connectivity index (χ1) is 11.2. The van der Waals surface area contributed by atoms with Gasteiger partial charge in [-0.05, 0) is 19.8 Å². The van der Waals surface area contributed by atoms with Gasteiger partial charge in [0.15, 0.2) is 5.96 Å². The number of piperazine rings is 1. The van der Waals surface area contributed by atoms with Crippen LogP contribution in [0.3, 0.4) is 0 Å². The number of carbonyl (C=O) groups excluding carboxylic acids is 1. The first kappa shape index (κ1) is 18.0. The van der Waals surface area contributed by atoms with Gasteiger partial charge in [0.2, 0.25) is 5.91 Å². The number of hydrogen-bond donors (Lipinski definition) is 1. The van der Waals surface area contributed by atoms with E-state index in [0.717, 1.165) is 64.6 Å². The second-order valence-corrected chi connectivity index (χ2v) is 6.20. The highest BCUT2D eigenvalue weighted by atomic mass is 16.5. The van der Waals surface area contributed by atoms with Crippen molar-refractivity contribution in [1.29, 1.82) is 0 Å². The molecule has 2 heterocycles. The van der Waals surface area contributed by atoms with Crippen LogP contribution in [0.5, 0.6) is 0 Å². The van der Waals surface area contributed by atoms with Crippen molar-refractivity contribution < 1.29 is 9.53 Å². The van der Waals surface area contributed by atoms with E-state index in [9.17, 15) is 4.79 Å². The number of carbonyl (C=O) groups is 1. The third kappa shape index (κ3) is 4.81. The van der Waals surface area contributed by atoms with Crippen molar-refractivity contribution in [2.75, 3.05) is 66.6 Å². The second-order valence-electron chi connectivity index (χ2n) is 6.20.